The lowest BCUT2D eigenvalue weighted by atomic mass is 10.2. The van der Waals surface area contributed by atoms with E-state index < -0.39 is 5.91 Å². The van der Waals surface area contributed by atoms with E-state index in [1.807, 2.05) is 43.3 Å². The summed E-state index contributed by atoms with van der Waals surface area (Å²) >= 11 is 0. The van der Waals surface area contributed by atoms with Gasteiger partial charge in [-0.1, -0.05) is 12.1 Å². The largest absolute Gasteiger partial charge is 0.385 e. The summed E-state index contributed by atoms with van der Waals surface area (Å²) in [5, 5.41) is 6.48. The maximum absolute atomic E-state index is 11.6. The third-order valence-corrected chi connectivity index (χ3v) is 2.98. The van der Waals surface area contributed by atoms with Gasteiger partial charge in [-0.05, 0) is 24.1 Å². The first-order valence-corrected chi connectivity index (χ1v) is 7.38. The summed E-state index contributed by atoms with van der Waals surface area (Å²) in [6, 6.07) is 7.70. The molecule has 0 heterocycles. The van der Waals surface area contributed by atoms with E-state index in [0.717, 1.165) is 11.3 Å². The highest BCUT2D eigenvalue weighted by molar-refractivity contribution is 5.97. The van der Waals surface area contributed by atoms with E-state index in [-0.39, 0.29) is 12.3 Å². The van der Waals surface area contributed by atoms with E-state index in [4.69, 9.17) is 4.74 Å². The van der Waals surface area contributed by atoms with Gasteiger partial charge in [0.1, 0.15) is 6.42 Å². The molecule has 0 aliphatic carbocycles. The van der Waals surface area contributed by atoms with E-state index in [1.165, 1.54) is 6.21 Å². The first-order chi connectivity index (χ1) is 11.0. The zero-order valence-corrected chi connectivity index (χ0v) is 13.8. The van der Waals surface area contributed by atoms with Gasteiger partial charge in [-0.25, -0.2) is 5.43 Å². The van der Waals surface area contributed by atoms with Gasteiger partial charge < -0.3 is 15.0 Å². The summed E-state index contributed by atoms with van der Waals surface area (Å²) in [7, 11) is 5.52. The van der Waals surface area contributed by atoms with Crippen molar-refractivity contribution in [3.63, 3.8) is 0 Å². The van der Waals surface area contributed by atoms with Gasteiger partial charge in [0.25, 0.3) is 0 Å². The average Bonchev–Trinajstić information content (AvgIpc) is 2.52. The predicted molar refractivity (Wildman–Crippen MR) is 90.6 cm³/mol. The number of anilines is 1. The fraction of sp³-hybridized carbons (Fsp3) is 0.438. The molecule has 0 bridgehead atoms. The molecule has 7 heteroatoms. The summed E-state index contributed by atoms with van der Waals surface area (Å²) < 4.78 is 4.87. The van der Waals surface area contributed by atoms with Crippen LogP contribution in [0.5, 0.6) is 0 Å². The quantitative estimate of drug-likeness (QED) is 0.304. The molecule has 0 radical (unpaired) electrons. The standard InChI is InChI=1S/C16H24N4O3/c1-20(2)14-7-5-13(6-8-14)12-18-19-16(22)11-15(21)17-9-4-10-23-3/h5-8,12H,4,9-11H2,1-3H3,(H,17,21)(H,19,22)/b18-12+. The Bertz CT molecular complexity index is 527. The van der Waals surface area contributed by atoms with Crippen LogP contribution < -0.4 is 15.6 Å². The van der Waals surface area contributed by atoms with Crippen LogP contribution in [0.15, 0.2) is 29.4 Å². The molecule has 0 aliphatic rings. The van der Waals surface area contributed by atoms with Gasteiger partial charge in [-0.2, -0.15) is 5.10 Å². The number of nitrogens with one attached hydrogen (secondary N) is 2. The number of hydrogen-bond donors (Lipinski definition) is 2. The summed E-state index contributed by atoms with van der Waals surface area (Å²) in [6.07, 6.45) is 2.00. The van der Waals surface area contributed by atoms with Crippen molar-refractivity contribution in [2.45, 2.75) is 12.8 Å². The molecule has 1 rings (SSSR count). The zero-order valence-electron chi connectivity index (χ0n) is 13.8. The highest BCUT2D eigenvalue weighted by Crippen LogP contribution is 2.10. The Hall–Kier alpha value is -2.41. The maximum atomic E-state index is 11.6. The highest BCUT2D eigenvalue weighted by Gasteiger charge is 2.07. The smallest absolute Gasteiger partial charge is 0.249 e. The van der Waals surface area contributed by atoms with Crippen LogP contribution in [0.2, 0.25) is 0 Å². The van der Waals surface area contributed by atoms with Gasteiger partial charge in [0.2, 0.25) is 11.8 Å². The lowest BCUT2D eigenvalue weighted by Crippen LogP contribution is -2.30. The molecule has 2 N–H and O–H groups in total. The van der Waals surface area contributed by atoms with E-state index in [0.29, 0.717) is 19.6 Å². The number of hydrazone groups is 1. The first kappa shape index (κ1) is 18.6. The third-order valence-electron chi connectivity index (χ3n) is 2.98. The van der Waals surface area contributed by atoms with Crippen molar-refractivity contribution < 1.29 is 14.3 Å². The van der Waals surface area contributed by atoms with Crippen molar-refractivity contribution in [3.05, 3.63) is 29.8 Å². The van der Waals surface area contributed by atoms with Crippen molar-refractivity contribution in [2.24, 2.45) is 5.10 Å². The molecule has 0 saturated heterocycles. The summed E-state index contributed by atoms with van der Waals surface area (Å²) in [5.41, 5.74) is 4.28. The van der Waals surface area contributed by atoms with Crippen molar-refractivity contribution in [3.8, 4) is 0 Å². The summed E-state index contributed by atoms with van der Waals surface area (Å²) in [4.78, 5) is 25.0. The second-order valence-electron chi connectivity index (χ2n) is 5.15. The Balaban J connectivity index is 2.30. The molecule has 0 aromatic heterocycles. The second kappa shape index (κ2) is 10.3. The van der Waals surface area contributed by atoms with E-state index in [1.54, 1.807) is 7.11 Å². The summed E-state index contributed by atoms with van der Waals surface area (Å²) in [5.74, 6) is -0.778. The van der Waals surface area contributed by atoms with Crippen molar-refractivity contribution in [1.82, 2.24) is 10.7 Å². The number of rotatable bonds is 9. The number of hydrogen-bond acceptors (Lipinski definition) is 5. The Labute approximate surface area is 136 Å². The molecule has 2 amide bonds. The molecule has 0 atom stereocenters. The van der Waals surface area contributed by atoms with Crippen molar-refractivity contribution in [2.75, 3.05) is 39.3 Å². The lowest BCUT2D eigenvalue weighted by molar-refractivity contribution is -0.129. The molecule has 0 fully saturated rings. The molecule has 0 saturated carbocycles. The van der Waals surface area contributed by atoms with Crippen LogP contribution in [0.1, 0.15) is 18.4 Å². The van der Waals surface area contributed by atoms with Gasteiger partial charge >= 0.3 is 0 Å². The van der Waals surface area contributed by atoms with Gasteiger partial charge in [0.15, 0.2) is 0 Å². The topological polar surface area (TPSA) is 83.0 Å². The SMILES string of the molecule is COCCCNC(=O)CC(=O)N/N=C/c1ccc(N(C)C)cc1. The minimum absolute atomic E-state index is 0.246. The Morgan fingerprint density at radius 1 is 1.22 bits per heavy atom. The fourth-order valence-electron chi connectivity index (χ4n) is 1.73. The Kier molecular flexibility index (Phi) is 8.38. The number of benzene rings is 1. The Morgan fingerprint density at radius 2 is 1.91 bits per heavy atom. The molecule has 0 spiro atoms. The normalized spacial score (nSPS) is 10.6. The number of methoxy groups -OCH3 is 1. The lowest BCUT2D eigenvalue weighted by Gasteiger charge is -2.11. The van der Waals surface area contributed by atoms with Crippen molar-refractivity contribution in [1.29, 1.82) is 0 Å². The maximum Gasteiger partial charge on any atom is 0.249 e. The van der Waals surface area contributed by atoms with Crippen LogP contribution in [0.25, 0.3) is 0 Å². The molecular formula is C16H24N4O3. The van der Waals surface area contributed by atoms with E-state index >= 15 is 0 Å². The zero-order chi connectivity index (χ0) is 17.1. The Morgan fingerprint density at radius 3 is 2.52 bits per heavy atom. The number of amides is 2. The van der Waals surface area contributed by atoms with Crippen LogP contribution in [-0.4, -0.2) is 52.4 Å². The molecule has 23 heavy (non-hydrogen) atoms. The van der Waals surface area contributed by atoms with Crippen LogP contribution in [-0.2, 0) is 14.3 Å². The van der Waals surface area contributed by atoms with Crippen LogP contribution in [0, 0.1) is 0 Å². The average molecular weight is 320 g/mol. The molecule has 126 valence electrons. The summed E-state index contributed by atoms with van der Waals surface area (Å²) in [6.45, 7) is 1.06. The minimum Gasteiger partial charge on any atom is -0.385 e. The third kappa shape index (κ3) is 7.96. The second-order valence-corrected chi connectivity index (χ2v) is 5.15. The highest BCUT2D eigenvalue weighted by atomic mass is 16.5. The molecule has 0 unspecified atom stereocenters. The fourth-order valence-corrected chi connectivity index (χ4v) is 1.73. The number of carbonyl (C=O) groups is 2. The van der Waals surface area contributed by atoms with Gasteiger partial charge in [-0.3, -0.25) is 9.59 Å². The van der Waals surface area contributed by atoms with Crippen molar-refractivity contribution >= 4 is 23.7 Å². The van der Waals surface area contributed by atoms with Gasteiger partial charge in [0, 0.05) is 40.0 Å². The van der Waals surface area contributed by atoms with Gasteiger partial charge in [0.05, 0.1) is 6.21 Å². The predicted octanol–water partition coefficient (Wildman–Crippen LogP) is 0.746. The molecular weight excluding hydrogens is 296 g/mol. The van der Waals surface area contributed by atoms with Gasteiger partial charge in [-0.15, -0.1) is 0 Å². The molecule has 0 aliphatic heterocycles. The first-order valence-electron chi connectivity index (χ1n) is 7.38. The van der Waals surface area contributed by atoms with Crippen LogP contribution in [0.3, 0.4) is 0 Å². The monoisotopic (exact) mass is 320 g/mol. The van der Waals surface area contributed by atoms with Crippen LogP contribution >= 0.6 is 0 Å². The number of nitrogens with zero attached hydrogens (tertiary/aromatic N) is 2. The van der Waals surface area contributed by atoms with E-state index in [9.17, 15) is 9.59 Å². The number of carbonyl (C=O) groups excluding carboxylic acids is 2. The van der Waals surface area contributed by atoms with Crippen LogP contribution in [0.4, 0.5) is 5.69 Å². The molecule has 7 nitrogen and oxygen atoms in total. The minimum atomic E-state index is -0.449. The molecule has 1 aromatic rings. The van der Waals surface area contributed by atoms with E-state index in [2.05, 4.69) is 15.8 Å². The number of ether oxygens (including phenoxy) is 1. The molecule has 1 aromatic carbocycles.